The van der Waals surface area contributed by atoms with Gasteiger partial charge in [0, 0.05) is 18.0 Å². The van der Waals surface area contributed by atoms with Crippen LogP contribution in [0.4, 0.5) is 5.95 Å². The molecule has 0 bridgehead atoms. The number of aromatic nitrogens is 3. The number of fused-ring (bicyclic) bond motifs is 2. The summed E-state index contributed by atoms with van der Waals surface area (Å²) >= 11 is 0. The molecule has 2 aliphatic rings. The van der Waals surface area contributed by atoms with Crippen LogP contribution in [0.5, 0.6) is 0 Å². The number of rotatable bonds is 3. The first kappa shape index (κ1) is 17.0. The summed E-state index contributed by atoms with van der Waals surface area (Å²) in [4.78, 5) is 17.5. The molecule has 0 spiro atoms. The van der Waals surface area contributed by atoms with Crippen molar-refractivity contribution < 1.29 is 9.21 Å². The predicted molar refractivity (Wildman–Crippen MR) is 105 cm³/mol. The van der Waals surface area contributed by atoms with Crippen LogP contribution in [0.1, 0.15) is 55.0 Å². The van der Waals surface area contributed by atoms with Gasteiger partial charge in [0.05, 0.1) is 12.2 Å². The average Bonchev–Trinajstić information content (AvgIpc) is 3.38. The topological polar surface area (TPSA) is 73.0 Å². The number of nitrogens with zero attached hydrogens (tertiary/aromatic N) is 3. The maximum Gasteiger partial charge on any atom is 0.226 e. The van der Waals surface area contributed by atoms with Crippen LogP contribution >= 0.6 is 0 Å². The maximum absolute atomic E-state index is 13.2. The number of Topliss-reactive ketones (excluding diaryl/α,β-unsaturated/α-hetero) is 1. The second kappa shape index (κ2) is 6.48. The molecule has 3 atom stereocenters. The van der Waals surface area contributed by atoms with Gasteiger partial charge in [0.1, 0.15) is 23.9 Å². The van der Waals surface area contributed by atoms with Crippen LogP contribution in [-0.4, -0.2) is 20.5 Å². The zero-order valence-corrected chi connectivity index (χ0v) is 15.9. The van der Waals surface area contributed by atoms with E-state index in [-0.39, 0.29) is 23.7 Å². The highest BCUT2D eigenvalue weighted by Crippen LogP contribution is 2.44. The van der Waals surface area contributed by atoms with Crippen LogP contribution in [0.2, 0.25) is 0 Å². The van der Waals surface area contributed by atoms with Gasteiger partial charge in [-0.25, -0.2) is 4.68 Å². The van der Waals surface area contributed by atoms with Crippen molar-refractivity contribution in [2.75, 3.05) is 5.32 Å². The molecule has 6 nitrogen and oxygen atoms in total. The van der Waals surface area contributed by atoms with Gasteiger partial charge in [0.25, 0.3) is 0 Å². The fraction of sp³-hybridized carbons (Fsp3) is 0.318. The minimum atomic E-state index is -0.341. The van der Waals surface area contributed by atoms with E-state index in [9.17, 15) is 4.79 Å². The van der Waals surface area contributed by atoms with Gasteiger partial charge in [-0.3, -0.25) is 4.79 Å². The van der Waals surface area contributed by atoms with E-state index in [1.807, 2.05) is 12.1 Å². The molecule has 0 unspecified atom stereocenters. The summed E-state index contributed by atoms with van der Waals surface area (Å²) in [7, 11) is 0. The lowest BCUT2D eigenvalue weighted by Gasteiger charge is -2.36. The number of carbonyl (C=O) groups is 1. The molecule has 28 heavy (non-hydrogen) atoms. The minimum absolute atomic E-state index is 0.0548. The van der Waals surface area contributed by atoms with E-state index in [0.717, 1.165) is 17.0 Å². The third kappa shape index (κ3) is 2.68. The number of hydrogen-bond donors (Lipinski definition) is 1. The molecule has 5 rings (SSSR count). The molecular formula is C22H22N4O2. The Balaban J connectivity index is 1.55. The summed E-state index contributed by atoms with van der Waals surface area (Å²) in [5.41, 5.74) is 3.35. The van der Waals surface area contributed by atoms with Crippen molar-refractivity contribution in [1.29, 1.82) is 0 Å². The van der Waals surface area contributed by atoms with Gasteiger partial charge in [0.15, 0.2) is 0 Å². The Labute approximate surface area is 163 Å². The standard InChI is InChI=1S/C22H22N4O2/c1-13(2)14-5-7-15(8-6-14)16-10-17-20(18(27)11-16)21(19-4-3-9-28-19)26-22(25-17)23-12-24-26/h3-10,12-13,16,20-21H,11H2,1-2H3,(H,23,24,25)/t16-,20+,21+/m1/s1. The van der Waals surface area contributed by atoms with Crippen LogP contribution in [0.25, 0.3) is 0 Å². The van der Waals surface area contributed by atoms with Crippen LogP contribution in [0, 0.1) is 5.92 Å². The zero-order valence-electron chi connectivity index (χ0n) is 15.9. The summed E-state index contributed by atoms with van der Waals surface area (Å²) in [5.74, 6) is 1.74. The molecule has 142 valence electrons. The Morgan fingerprint density at radius 2 is 2.04 bits per heavy atom. The summed E-state index contributed by atoms with van der Waals surface area (Å²) in [6, 6.07) is 12.0. The fourth-order valence-electron chi connectivity index (χ4n) is 4.26. The molecule has 0 saturated carbocycles. The largest absolute Gasteiger partial charge is 0.467 e. The van der Waals surface area contributed by atoms with Gasteiger partial charge >= 0.3 is 0 Å². The minimum Gasteiger partial charge on any atom is -0.467 e. The van der Waals surface area contributed by atoms with E-state index < -0.39 is 0 Å². The number of anilines is 1. The van der Waals surface area contributed by atoms with Gasteiger partial charge in [-0.05, 0) is 29.2 Å². The number of nitrogens with one attached hydrogen (secondary N) is 1. The lowest BCUT2D eigenvalue weighted by atomic mass is 9.76. The second-order valence-corrected chi connectivity index (χ2v) is 7.81. The molecule has 6 heteroatoms. The summed E-state index contributed by atoms with van der Waals surface area (Å²) < 4.78 is 7.39. The van der Waals surface area contributed by atoms with Gasteiger partial charge in [-0.1, -0.05) is 44.2 Å². The summed E-state index contributed by atoms with van der Waals surface area (Å²) in [6.45, 7) is 4.37. The van der Waals surface area contributed by atoms with Gasteiger partial charge in [0.2, 0.25) is 5.95 Å². The monoisotopic (exact) mass is 374 g/mol. The highest BCUT2D eigenvalue weighted by Gasteiger charge is 2.44. The first-order valence-corrected chi connectivity index (χ1v) is 9.66. The van der Waals surface area contributed by atoms with Gasteiger partial charge in [-0.2, -0.15) is 10.1 Å². The van der Waals surface area contributed by atoms with Crippen molar-refractivity contribution in [2.24, 2.45) is 5.92 Å². The SMILES string of the molecule is CC(C)c1ccc([C@@H]2C=C3Nc4ncnn4[C@@H](c4ccco4)[C@@H]3C(=O)C2)cc1. The van der Waals surface area contributed by atoms with Crippen LogP contribution in [0.15, 0.2) is 65.2 Å². The highest BCUT2D eigenvalue weighted by atomic mass is 16.3. The van der Waals surface area contributed by atoms with E-state index in [4.69, 9.17) is 4.42 Å². The van der Waals surface area contributed by atoms with Crippen molar-refractivity contribution in [3.63, 3.8) is 0 Å². The molecule has 1 aromatic carbocycles. The van der Waals surface area contributed by atoms with E-state index in [1.165, 1.54) is 11.9 Å². The van der Waals surface area contributed by atoms with Crippen molar-refractivity contribution >= 4 is 11.7 Å². The van der Waals surface area contributed by atoms with Crippen LogP contribution < -0.4 is 5.32 Å². The molecule has 0 amide bonds. The molecule has 1 aliphatic carbocycles. The summed E-state index contributed by atoms with van der Waals surface area (Å²) in [6.07, 6.45) is 5.77. The molecule has 0 radical (unpaired) electrons. The van der Waals surface area contributed by atoms with Gasteiger partial charge in [-0.15, -0.1) is 0 Å². The zero-order chi connectivity index (χ0) is 19.3. The number of furan rings is 1. The van der Waals surface area contributed by atoms with Crippen molar-refractivity contribution in [3.05, 3.63) is 77.6 Å². The van der Waals surface area contributed by atoms with Crippen LogP contribution in [-0.2, 0) is 4.79 Å². The Morgan fingerprint density at radius 3 is 2.75 bits per heavy atom. The molecule has 3 aromatic rings. The Bertz CT molecular complexity index is 1030. The Hall–Kier alpha value is -3.15. The van der Waals surface area contributed by atoms with E-state index >= 15 is 0 Å². The lowest BCUT2D eigenvalue weighted by Crippen LogP contribution is -2.39. The van der Waals surface area contributed by atoms with E-state index in [2.05, 4.69) is 59.6 Å². The maximum atomic E-state index is 13.2. The lowest BCUT2D eigenvalue weighted by molar-refractivity contribution is -0.123. The Kier molecular flexibility index (Phi) is 3.93. The number of carbonyl (C=O) groups excluding carboxylic acids is 1. The molecule has 1 aliphatic heterocycles. The van der Waals surface area contributed by atoms with E-state index in [1.54, 1.807) is 10.9 Å². The number of ketones is 1. The highest BCUT2D eigenvalue weighted by molar-refractivity contribution is 5.88. The average molecular weight is 374 g/mol. The smallest absolute Gasteiger partial charge is 0.226 e. The molecule has 0 saturated heterocycles. The molecule has 0 fully saturated rings. The number of benzene rings is 1. The first-order chi connectivity index (χ1) is 13.6. The Morgan fingerprint density at radius 1 is 1.21 bits per heavy atom. The second-order valence-electron chi connectivity index (χ2n) is 7.81. The molecule has 1 N–H and O–H groups in total. The van der Waals surface area contributed by atoms with E-state index in [0.29, 0.717) is 18.3 Å². The number of allylic oxidation sites excluding steroid dienone is 2. The third-order valence-corrected chi connectivity index (χ3v) is 5.76. The quantitative estimate of drug-likeness (QED) is 0.741. The fourth-order valence-corrected chi connectivity index (χ4v) is 4.26. The molecule has 2 aromatic heterocycles. The van der Waals surface area contributed by atoms with Crippen molar-refractivity contribution in [3.8, 4) is 0 Å². The normalized spacial score (nSPS) is 23.8. The molecule has 3 heterocycles. The van der Waals surface area contributed by atoms with Gasteiger partial charge < -0.3 is 9.73 Å². The van der Waals surface area contributed by atoms with Crippen molar-refractivity contribution in [1.82, 2.24) is 14.8 Å². The van der Waals surface area contributed by atoms with Crippen molar-refractivity contribution in [2.45, 2.75) is 38.1 Å². The van der Waals surface area contributed by atoms with Crippen LogP contribution in [0.3, 0.4) is 0 Å². The predicted octanol–water partition coefficient (Wildman–Crippen LogP) is 4.27. The first-order valence-electron chi connectivity index (χ1n) is 9.66. The summed E-state index contributed by atoms with van der Waals surface area (Å²) in [5, 5.41) is 7.65. The third-order valence-electron chi connectivity index (χ3n) is 5.76. The molecular weight excluding hydrogens is 352 g/mol. The number of hydrogen-bond acceptors (Lipinski definition) is 5.